The molecular formula is C20H22N2O3. The molecule has 0 radical (unpaired) electrons. The van der Waals surface area contributed by atoms with Gasteiger partial charge in [0.15, 0.2) is 0 Å². The van der Waals surface area contributed by atoms with Crippen LogP contribution in [0.25, 0.3) is 0 Å². The van der Waals surface area contributed by atoms with Gasteiger partial charge in [0.05, 0.1) is 0 Å². The van der Waals surface area contributed by atoms with Crippen LogP contribution >= 0.6 is 0 Å². The number of amides is 2. The van der Waals surface area contributed by atoms with Crippen LogP contribution in [0.2, 0.25) is 0 Å². The molecule has 5 nitrogen and oxygen atoms in total. The summed E-state index contributed by atoms with van der Waals surface area (Å²) in [6, 6.07) is 16.6. The van der Waals surface area contributed by atoms with Crippen molar-refractivity contribution in [1.82, 2.24) is 5.32 Å². The summed E-state index contributed by atoms with van der Waals surface area (Å²) in [5.41, 5.74) is 1.64. The van der Waals surface area contributed by atoms with Gasteiger partial charge in [-0.1, -0.05) is 49.9 Å². The van der Waals surface area contributed by atoms with Gasteiger partial charge in [0.25, 0.3) is 0 Å². The lowest BCUT2D eigenvalue weighted by molar-refractivity contribution is -0.136. The third-order valence-corrected chi connectivity index (χ3v) is 3.62. The molecule has 1 atom stereocenters. The average Bonchev–Trinajstić information content (AvgIpc) is 2.65. The van der Waals surface area contributed by atoms with E-state index in [1.54, 1.807) is 30.3 Å². The van der Waals surface area contributed by atoms with E-state index in [1.165, 1.54) is 0 Å². The molecule has 0 fully saturated rings. The molecule has 0 heterocycles. The minimum atomic E-state index is -0.694. The van der Waals surface area contributed by atoms with Crippen molar-refractivity contribution in [3.63, 3.8) is 0 Å². The summed E-state index contributed by atoms with van der Waals surface area (Å²) in [5, 5.41) is 5.22. The number of hydrogen-bond donors (Lipinski definition) is 2. The number of carbonyl (C=O) groups excluding carboxylic acids is 2. The van der Waals surface area contributed by atoms with Crippen molar-refractivity contribution in [3.8, 4) is 5.75 Å². The largest absolute Gasteiger partial charge is 0.490 e. The number of hydrogen-bond acceptors (Lipinski definition) is 3. The topological polar surface area (TPSA) is 67.4 Å². The minimum absolute atomic E-state index is 0.124. The van der Waals surface area contributed by atoms with E-state index >= 15 is 0 Å². The molecule has 0 aliphatic carbocycles. The lowest BCUT2D eigenvalue weighted by Gasteiger charge is -2.13. The SMILES string of the molecule is C=CCOc1ccc(NC(=O)C(=O)NC[C@H](C)c2ccccc2)cc1. The molecule has 130 valence electrons. The van der Waals surface area contributed by atoms with Crippen molar-refractivity contribution >= 4 is 17.5 Å². The number of ether oxygens (including phenoxy) is 1. The van der Waals surface area contributed by atoms with Crippen LogP contribution in [0.5, 0.6) is 5.75 Å². The Hall–Kier alpha value is -3.08. The van der Waals surface area contributed by atoms with E-state index in [0.717, 1.165) is 5.56 Å². The zero-order valence-electron chi connectivity index (χ0n) is 14.2. The maximum absolute atomic E-state index is 12.0. The first-order chi connectivity index (χ1) is 12.1. The van der Waals surface area contributed by atoms with Crippen molar-refractivity contribution in [3.05, 3.63) is 72.8 Å². The van der Waals surface area contributed by atoms with Gasteiger partial charge in [-0.25, -0.2) is 0 Å². The third-order valence-electron chi connectivity index (χ3n) is 3.62. The van der Waals surface area contributed by atoms with Crippen molar-refractivity contribution < 1.29 is 14.3 Å². The molecule has 2 aromatic rings. The summed E-state index contributed by atoms with van der Waals surface area (Å²) >= 11 is 0. The summed E-state index contributed by atoms with van der Waals surface area (Å²) in [5.74, 6) is -0.562. The normalized spacial score (nSPS) is 11.2. The number of rotatable bonds is 7. The van der Waals surface area contributed by atoms with E-state index in [-0.39, 0.29) is 5.92 Å². The summed E-state index contributed by atoms with van der Waals surface area (Å²) in [6.07, 6.45) is 1.65. The standard InChI is InChI=1S/C20H22N2O3/c1-3-13-25-18-11-9-17(10-12-18)22-20(24)19(23)21-14-15(2)16-7-5-4-6-8-16/h3-12,15H,1,13-14H2,2H3,(H,21,23)(H,22,24)/t15-/m0/s1. The van der Waals surface area contributed by atoms with E-state index in [4.69, 9.17) is 4.74 Å². The maximum Gasteiger partial charge on any atom is 0.313 e. The Morgan fingerprint density at radius 2 is 1.76 bits per heavy atom. The number of benzene rings is 2. The first-order valence-electron chi connectivity index (χ1n) is 8.08. The molecule has 0 spiro atoms. The molecule has 25 heavy (non-hydrogen) atoms. The van der Waals surface area contributed by atoms with Crippen LogP contribution in [0.15, 0.2) is 67.3 Å². The minimum Gasteiger partial charge on any atom is -0.490 e. The summed E-state index contributed by atoms with van der Waals surface area (Å²) in [6.45, 7) is 6.37. The number of nitrogens with one attached hydrogen (secondary N) is 2. The zero-order valence-corrected chi connectivity index (χ0v) is 14.2. The fourth-order valence-corrected chi connectivity index (χ4v) is 2.20. The average molecular weight is 338 g/mol. The predicted molar refractivity (Wildman–Crippen MR) is 98.6 cm³/mol. The zero-order chi connectivity index (χ0) is 18.1. The highest BCUT2D eigenvalue weighted by Gasteiger charge is 2.15. The first kappa shape index (κ1) is 18.3. The van der Waals surface area contributed by atoms with Crippen LogP contribution in [0.4, 0.5) is 5.69 Å². The molecule has 0 aromatic heterocycles. The predicted octanol–water partition coefficient (Wildman–Crippen LogP) is 3.11. The van der Waals surface area contributed by atoms with Crippen molar-refractivity contribution in [2.75, 3.05) is 18.5 Å². The second kappa shape index (κ2) is 9.27. The van der Waals surface area contributed by atoms with Crippen molar-refractivity contribution in [2.24, 2.45) is 0 Å². The van der Waals surface area contributed by atoms with Gasteiger partial charge in [-0.15, -0.1) is 0 Å². The van der Waals surface area contributed by atoms with Crippen LogP contribution in [0, 0.1) is 0 Å². The van der Waals surface area contributed by atoms with Crippen LogP contribution in [0.3, 0.4) is 0 Å². The van der Waals surface area contributed by atoms with Crippen LogP contribution in [-0.4, -0.2) is 25.0 Å². The van der Waals surface area contributed by atoms with Gasteiger partial charge in [-0.3, -0.25) is 9.59 Å². The molecule has 2 rings (SSSR count). The molecule has 0 saturated heterocycles. The highest BCUT2D eigenvalue weighted by molar-refractivity contribution is 6.39. The van der Waals surface area contributed by atoms with E-state index in [0.29, 0.717) is 24.6 Å². The van der Waals surface area contributed by atoms with Crippen LogP contribution < -0.4 is 15.4 Å². The molecule has 0 aliphatic heterocycles. The van der Waals surface area contributed by atoms with E-state index in [9.17, 15) is 9.59 Å². The summed E-state index contributed by atoms with van der Waals surface area (Å²) in [4.78, 5) is 23.9. The second-order valence-corrected chi connectivity index (χ2v) is 5.60. The lowest BCUT2D eigenvalue weighted by atomic mass is 10.0. The van der Waals surface area contributed by atoms with Gasteiger partial charge in [0.1, 0.15) is 12.4 Å². The molecule has 0 bridgehead atoms. The quantitative estimate of drug-likeness (QED) is 0.602. The molecule has 2 amide bonds. The molecule has 0 aliphatic rings. The van der Waals surface area contributed by atoms with Crippen LogP contribution in [-0.2, 0) is 9.59 Å². The Morgan fingerprint density at radius 1 is 1.08 bits per heavy atom. The van der Waals surface area contributed by atoms with Gasteiger partial charge in [0, 0.05) is 12.2 Å². The molecule has 5 heteroatoms. The monoisotopic (exact) mass is 338 g/mol. The fraction of sp³-hybridized carbons (Fsp3) is 0.200. The van der Waals surface area contributed by atoms with Gasteiger partial charge >= 0.3 is 11.8 Å². The summed E-state index contributed by atoms with van der Waals surface area (Å²) < 4.78 is 5.36. The Labute approximate surface area is 147 Å². The lowest BCUT2D eigenvalue weighted by Crippen LogP contribution is -2.37. The van der Waals surface area contributed by atoms with Crippen molar-refractivity contribution in [1.29, 1.82) is 0 Å². The smallest absolute Gasteiger partial charge is 0.313 e. The highest BCUT2D eigenvalue weighted by Crippen LogP contribution is 2.16. The highest BCUT2D eigenvalue weighted by atomic mass is 16.5. The second-order valence-electron chi connectivity index (χ2n) is 5.60. The third kappa shape index (κ3) is 5.80. The summed E-state index contributed by atoms with van der Waals surface area (Å²) in [7, 11) is 0. The van der Waals surface area contributed by atoms with E-state index < -0.39 is 11.8 Å². The Balaban J connectivity index is 1.81. The van der Waals surface area contributed by atoms with Gasteiger partial charge in [-0.05, 0) is 35.7 Å². The number of carbonyl (C=O) groups is 2. The van der Waals surface area contributed by atoms with E-state index in [1.807, 2.05) is 37.3 Å². The Kier molecular flexibility index (Phi) is 6.77. The van der Waals surface area contributed by atoms with Crippen molar-refractivity contribution in [2.45, 2.75) is 12.8 Å². The molecular weight excluding hydrogens is 316 g/mol. The Morgan fingerprint density at radius 3 is 2.40 bits per heavy atom. The molecule has 2 aromatic carbocycles. The van der Waals surface area contributed by atoms with Gasteiger partial charge in [-0.2, -0.15) is 0 Å². The molecule has 2 N–H and O–H groups in total. The van der Waals surface area contributed by atoms with Gasteiger partial charge < -0.3 is 15.4 Å². The van der Waals surface area contributed by atoms with Gasteiger partial charge in [0.2, 0.25) is 0 Å². The first-order valence-corrected chi connectivity index (χ1v) is 8.08. The maximum atomic E-state index is 12.0. The number of anilines is 1. The molecule has 0 saturated carbocycles. The molecule has 0 unspecified atom stereocenters. The fourth-order valence-electron chi connectivity index (χ4n) is 2.20. The Bertz CT molecular complexity index is 711. The van der Waals surface area contributed by atoms with E-state index in [2.05, 4.69) is 17.2 Å². The van der Waals surface area contributed by atoms with Crippen LogP contribution in [0.1, 0.15) is 18.4 Å².